The highest BCUT2D eigenvalue weighted by atomic mass is 16.5. The molecule has 3 rings (SSSR count). The Bertz CT molecular complexity index is 469. The van der Waals surface area contributed by atoms with Crippen LogP contribution in [0.25, 0.3) is 0 Å². The molecular weight excluding hydrogens is 238 g/mol. The Kier molecular flexibility index (Phi) is 3.53. The normalized spacial score (nSPS) is 27.5. The highest BCUT2D eigenvalue weighted by Crippen LogP contribution is 2.38. The van der Waals surface area contributed by atoms with Gasteiger partial charge in [0, 0.05) is 6.04 Å². The van der Waals surface area contributed by atoms with Crippen LogP contribution in [0, 0.1) is 11.8 Å². The van der Waals surface area contributed by atoms with Crippen LogP contribution < -0.4 is 10.1 Å². The van der Waals surface area contributed by atoms with Gasteiger partial charge in [0.1, 0.15) is 5.75 Å². The molecule has 3 nitrogen and oxygen atoms in total. The standard InChI is InChI=1S/C16H19NO2/c18-16(8-9-19-14-4-2-1-3-5-14)17-15-11-12-6-7-13(15)10-12/h1-7,12-13,15H,8-11H2,(H,17,18). The summed E-state index contributed by atoms with van der Waals surface area (Å²) in [5, 5.41) is 3.13. The van der Waals surface area contributed by atoms with E-state index in [1.165, 1.54) is 6.42 Å². The van der Waals surface area contributed by atoms with E-state index in [1.807, 2.05) is 30.3 Å². The highest BCUT2D eigenvalue weighted by Gasteiger charge is 2.36. The van der Waals surface area contributed by atoms with E-state index < -0.39 is 0 Å². The third-order valence-electron chi connectivity index (χ3n) is 3.97. The van der Waals surface area contributed by atoms with Crippen molar-refractivity contribution in [1.29, 1.82) is 0 Å². The number of ether oxygens (including phenoxy) is 1. The van der Waals surface area contributed by atoms with Gasteiger partial charge in [0.05, 0.1) is 13.0 Å². The van der Waals surface area contributed by atoms with Gasteiger partial charge in [-0.15, -0.1) is 0 Å². The molecular formula is C16H19NO2. The average molecular weight is 257 g/mol. The molecule has 3 atom stereocenters. The third kappa shape index (κ3) is 2.98. The molecule has 2 bridgehead atoms. The fourth-order valence-electron chi connectivity index (χ4n) is 3.00. The van der Waals surface area contributed by atoms with Crippen LogP contribution in [0.15, 0.2) is 42.5 Å². The van der Waals surface area contributed by atoms with Crippen molar-refractivity contribution in [3.63, 3.8) is 0 Å². The lowest BCUT2D eigenvalue weighted by molar-refractivity contribution is -0.122. The van der Waals surface area contributed by atoms with E-state index in [1.54, 1.807) is 0 Å². The Balaban J connectivity index is 1.39. The van der Waals surface area contributed by atoms with Gasteiger partial charge >= 0.3 is 0 Å². The number of para-hydroxylation sites is 1. The van der Waals surface area contributed by atoms with Crippen LogP contribution in [-0.2, 0) is 4.79 Å². The fraction of sp³-hybridized carbons (Fsp3) is 0.438. The molecule has 0 spiro atoms. The minimum Gasteiger partial charge on any atom is -0.493 e. The van der Waals surface area contributed by atoms with E-state index in [0.29, 0.717) is 30.9 Å². The SMILES string of the molecule is O=C(CCOc1ccccc1)NC1CC2C=CC1C2. The summed E-state index contributed by atoms with van der Waals surface area (Å²) in [7, 11) is 0. The number of benzene rings is 1. The summed E-state index contributed by atoms with van der Waals surface area (Å²) in [5.74, 6) is 2.17. The summed E-state index contributed by atoms with van der Waals surface area (Å²) in [6.45, 7) is 0.437. The first-order valence-electron chi connectivity index (χ1n) is 6.97. The van der Waals surface area contributed by atoms with E-state index in [0.717, 1.165) is 12.2 Å². The molecule has 0 saturated heterocycles. The number of carbonyl (C=O) groups excluding carboxylic acids is 1. The molecule has 0 heterocycles. The number of hydrogen-bond donors (Lipinski definition) is 1. The van der Waals surface area contributed by atoms with Crippen molar-refractivity contribution >= 4 is 5.91 Å². The van der Waals surface area contributed by atoms with Gasteiger partial charge in [0.2, 0.25) is 5.91 Å². The third-order valence-corrected chi connectivity index (χ3v) is 3.97. The molecule has 3 heteroatoms. The molecule has 1 aromatic carbocycles. The molecule has 1 aromatic rings. The van der Waals surface area contributed by atoms with E-state index in [2.05, 4.69) is 17.5 Å². The predicted octanol–water partition coefficient (Wildman–Crippen LogP) is 2.54. The minimum atomic E-state index is 0.0990. The van der Waals surface area contributed by atoms with Crippen molar-refractivity contribution in [2.75, 3.05) is 6.61 Å². The molecule has 100 valence electrons. The van der Waals surface area contributed by atoms with Crippen molar-refractivity contribution in [2.24, 2.45) is 11.8 Å². The zero-order chi connectivity index (χ0) is 13.1. The second-order valence-electron chi connectivity index (χ2n) is 5.37. The molecule has 2 aliphatic rings. The van der Waals surface area contributed by atoms with Crippen molar-refractivity contribution in [3.05, 3.63) is 42.5 Å². The van der Waals surface area contributed by atoms with Gasteiger partial charge in [-0.2, -0.15) is 0 Å². The average Bonchev–Trinajstić information content (AvgIpc) is 3.02. The zero-order valence-electron chi connectivity index (χ0n) is 10.9. The van der Waals surface area contributed by atoms with Crippen LogP contribution in [0.1, 0.15) is 19.3 Å². The summed E-state index contributed by atoms with van der Waals surface area (Å²) in [6, 6.07) is 9.95. The fourth-order valence-corrected chi connectivity index (χ4v) is 3.00. The summed E-state index contributed by atoms with van der Waals surface area (Å²) >= 11 is 0. The number of rotatable bonds is 5. The second-order valence-corrected chi connectivity index (χ2v) is 5.37. The van der Waals surface area contributed by atoms with E-state index in [-0.39, 0.29) is 5.91 Å². The lowest BCUT2D eigenvalue weighted by Crippen LogP contribution is -2.38. The molecule has 19 heavy (non-hydrogen) atoms. The van der Waals surface area contributed by atoms with Crippen molar-refractivity contribution in [2.45, 2.75) is 25.3 Å². The summed E-state index contributed by atoms with van der Waals surface area (Å²) in [5.41, 5.74) is 0. The predicted molar refractivity (Wildman–Crippen MR) is 73.8 cm³/mol. The highest BCUT2D eigenvalue weighted by molar-refractivity contribution is 5.76. The van der Waals surface area contributed by atoms with Crippen molar-refractivity contribution in [1.82, 2.24) is 5.32 Å². The molecule has 3 unspecified atom stereocenters. The summed E-state index contributed by atoms with van der Waals surface area (Å²) in [6.07, 6.45) is 7.27. The van der Waals surface area contributed by atoms with Crippen LogP contribution in [0.3, 0.4) is 0 Å². The largest absolute Gasteiger partial charge is 0.493 e. The molecule has 0 radical (unpaired) electrons. The van der Waals surface area contributed by atoms with Gasteiger partial charge < -0.3 is 10.1 Å². The maximum atomic E-state index is 11.9. The van der Waals surface area contributed by atoms with E-state index >= 15 is 0 Å². The van der Waals surface area contributed by atoms with Crippen LogP contribution in [0.4, 0.5) is 0 Å². The number of allylic oxidation sites excluding steroid dienone is 1. The Morgan fingerprint density at radius 2 is 2.05 bits per heavy atom. The van der Waals surface area contributed by atoms with Gasteiger partial charge in [-0.05, 0) is 36.8 Å². The number of nitrogens with one attached hydrogen (secondary N) is 1. The number of fused-ring (bicyclic) bond motifs is 2. The number of amides is 1. The maximum absolute atomic E-state index is 11.9. The van der Waals surface area contributed by atoms with Gasteiger partial charge in [0.25, 0.3) is 0 Å². The monoisotopic (exact) mass is 257 g/mol. The quantitative estimate of drug-likeness (QED) is 0.823. The lowest BCUT2D eigenvalue weighted by atomic mass is 10.0. The Morgan fingerprint density at radius 3 is 2.74 bits per heavy atom. The molecule has 0 aromatic heterocycles. The zero-order valence-corrected chi connectivity index (χ0v) is 10.9. The lowest BCUT2D eigenvalue weighted by Gasteiger charge is -2.19. The van der Waals surface area contributed by atoms with Crippen molar-refractivity contribution in [3.8, 4) is 5.75 Å². The Morgan fingerprint density at radius 1 is 1.21 bits per heavy atom. The van der Waals surface area contributed by atoms with Gasteiger partial charge in [-0.1, -0.05) is 30.4 Å². The number of hydrogen-bond acceptors (Lipinski definition) is 2. The Labute approximate surface area is 113 Å². The molecule has 0 aliphatic heterocycles. The van der Waals surface area contributed by atoms with Crippen molar-refractivity contribution < 1.29 is 9.53 Å². The van der Waals surface area contributed by atoms with Gasteiger partial charge in [-0.3, -0.25) is 4.79 Å². The summed E-state index contributed by atoms with van der Waals surface area (Å²) in [4.78, 5) is 11.9. The first kappa shape index (κ1) is 12.3. The van der Waals surface area contributed by atoms with E-state index in [4.69, 9.17) is 4.74 Å². The van der Waals surface area contributed by atoms with Crippen LogP contribution in [0.5, 0.6) is 5.75 Å². The summed E-state index contributed by atoms with van der Waals surface area (Å²) < 4.78 is 5.53. The molecule has 1 N–H and O–H groups in total. The smallest absolute Gasteiger partial charge is 0.223 e. The Hall–Kier alpha value is -1.77. The number of carbonyl (C=O) groups is 1. The first-order chi connectivity index (χ1) is 9.31. The molecule has 1 fully saturated rings. The molecule has 1 saturated carbocycles. The second kappa shape index (κ2) is 5.47. The topological polar surface area (TPSA) is 38.3 Å². The maximum Gasteiger partial charge on any atom is 0.223 e. The molecule has 1 amide bonds. The van der Waals surface area contributed by atoms with Gasteiger partial charge in [0.15, 0.2) is 0 Å². The van der Waals surface area contributed by atoms with Crippen LogP contribution in [-0.4, -0.2) is 18.6 Å². The van der Waals surface area contributed by atoms with Crippen LogP contribution >= 0.6 is 0 Å². The minimum absolute atomic E-state index is 0.0990. The van der Waals surface area contributed by atoms with Crippen LogP contribution in [0.2, 0.25) is 0 Å². The van der Waals surface area contributed by atoms with E-state index in [9.17, 15) is 4.79 Å². The first-order valence-corrected chi connectivity index (χ1v) is 6.97. The van der Waals surface area contributed by atoms with Gasteiger partial charge in [-0.25, -0.2) is 0 Å². The molecule has 2 aliphatic carbocycles.